The second-order valence-corrected chi connectivity index (χ2v) is 7.75. The first kappa shape index (κ1) is 19.5. The zero-order chi connectivity index (χ0) is 22.1. The van der Waals surface area contributed by atoms with E-state index in [1.54, 1.807) is 6.20 Å². The number of hydrogen-bond acceptors (Lipinski definition) is 5. The Labute approximate surface area is 186 Å². The molecule has 32 heavy (non-hydrogen) atoms. The maximum absolute atomic E-state index is 9.28. The second kappa shape index (κ2) is 8.01. The molecule has 5 rings (SSSR count). The van der Waals surface area contributed by atoms with Gasteiger partial charge in [0.2, 0.25) is 0 Å². The Bertz CT molecular complexity index is 1380. The topological polar surface area (TPSA) is 66.0 Å². The third kappa shape index (κ3) is 3.48. The number of hydrogen-bond donors (Lipinski definition) is 0. The molecule has 5 aromatic rings. The average molecular weight is 416 g/mol. The van der Waals surface area contributed by atoms with Crippen molar-refractivity contribution in [3.8, 4) is 17.2 Å². The molecule has 0 fully saturated rings. The molecule has 2 heterocycles. The number of anilines is 3. The fraction of sp³-hybridized carbons (Fsp3) is 0.0741. The summed E-state index contributed by atoms with van der Waals surface area (Å²) in [5.74, 6) is 0. The SMILES string of the molecule is Cc1ccc(N(c2ccc(C)cc2)c2ccc(-c3cnc(C#N)c4cnoc34)cc2)cc1. The van der Waals surface area contributed by atoms with E-state index in [1.165, 1.54) is 17.3 Å². The van der Waals surface area contributed by atoms with Gasteiger partial charge in [0, 0.05) is 28.8 Å². The minimum atomic E-state index is 0.312. The van der Waals surface area contributed by atoms with Gasteiger partial charge in [0.05, 0.1) is 11.6 Å². The highest BCUT2D eigenvalue weighted by Gasteiger charge is 2.15. The van der Waals surface area contributed by atoms with E-state index in [1.807, 2.05) is 12.1 Å². The molecule has 0 N–H and O–H groups in total. The zero-order valence-electron chi connectivity index (χ0n) is 17.8. The van der Waals surface area contributed by atoms with E-state index >= 15 is 0 Å². The molecular formula is C27H20N4O. The lowest BCUT2D eigenvalue weighted by atomic mass is 10.0. The van der Waals surface area contributed by atoms with Crippen LogP contribution in [0.15, 0.2) is 89.7 Å². The van der Waals surface area contributed by atoms with Gasteiger partial charge in [-0.1, -0.05) is 52.7 Å². The van der Waals surface area contributed by atoms with Crippen LogP contribution in [0.2, 0.25) is 0 Å². The summed E-state index contributed by atoms with van der Waals surface area (Å²) in [4.78, 5) is 6.50. The molecule has 0 unspecified atom stereocenters. The number of aryl methyl sites for hydroxylation is 2. The van der Waals surface area contributed by atoms with Crippen LogP contribution in [0.4, 0.5) is 17.1 Å². The van der Waals surface area contributed by atoms with E-state index in [2.05, 4.69) is 95.6 Å². The van der Waals surface area contributed by atoms with Crippen molar-refractivity contribution >= 4 is 28.0 Å². The Balaban J connectivity index is 1.58. The predicted molar refractivity (Wildman–Crippen MR) is 126 cm³/mol. The largest absolute Gasteiger partial charge is 0.355 e. The van der Waals surface area contributed by atoms with Gasteiger partial charge in [-0.15, -0.1) is 0 Å². The standard InChI is InChI=1S/C27H20N4O/c1-18-3-9-21(10-4-18)31(22-11-5-19(2)6-12-22)23-13-7-20(8-14-23)24-16-29-26(15-28)25-17-30-32-27(24)25/h3-14,16-17H,1-2H3. The van der Waals surface area contributed by atoms with Crippen LogP contribution in [0.1, 0.15) is 16.8 Å². The van der Waals surface area contributed by atoms with Gasteiger partial charge < -0.3 is 9.42 Å². The summed E-state index contributed by atoms with van der Waals surface area (Å²) in [5, 5.41) is 13.8. The molecule has 0 aliphatic carbocycles. The van der Waals surface area contributed by atoms with Crippen LogP contribution in [0.3, 0.4) is 0 Å². The normalized spacial score (nSPS) is 10.8. The van der Waals surface area contributed by atoms with Gasteiger partial charge in [-0.25, -0.2) is 4.98 Å². The second-order valence-electron chi connectivity index (χ2n) is 7.75. The number of pyridine rings is 1. The first-order chi connectivity index (χ1) is 15.6. The molecule has 154 valence electrons. The molecule has 0 aliphatic rings. The number of fused-ring (bicyclic) bond motifs is 1. The van der Waals surface area contributed by atoms with Crippen LogP contribution in [-0.2, 0) is 0 Å². The monoisotopic (exact) mass is 416 g/mol. The van der Waals surface area contributed by atoms with Gasteiger partial charge >= 0.3 is 0 Å². The molecule has 0 amide bonds. The Morgan fingerprint density at radius 3 is 1.81 bits per heavy atom. The first-order valence-corrected chi connectivity index (χ1v) is 10.3. The fourth-order valence-electron chi connectivity index (χ4n) is 3.78. The lowest BCUT2D eigenvalue weighted by Gasteiger charge is -2.26. The van der Waals surface area contributed by atoms with Crippen molar-refractivity contribution in [2.24, 2.45) is 0 Å². The van der Waals surface area contributed by atoms with Crippen LogP contribution in [0, 0.1) is 25.2 Å². The predicted octanol–water partition coefficient (Wildman–Crippen LogP) is 6.85. The van der Waals surface area contributed by atoms with Gasteiger partial charge in [-0.3, -0.25) is 0 Å². The first-order valence-electron chi connectivity index (χ1n) is 10.3. The fourth-order valence-corrected chi connectivity index (χ4v) is 3.78. The van der Waals surface area contributed by atoms with Crippen molar-refractivity contribution in [2.45, 2.75) is 13.8 Å². The van der Waals surface area contributed by atoms with E-state index < -0.39 is 0 Å². The number of nitriles is 1. The molecule has 0 aliphatic heterocycles. The van der Waals surface area contributed by atoms with Crippen molar-refractivity contribution < 1.29 is 4.52 Å². The van der Waals surface area contributed by atoms with E-state index in [0.29, 0.717) is 16.7 Å². The van der Waals surface area contributed by atoms with Crippen molar-refractivity contribution in [2.75, 3.05) is 4.90 Å². The van der Waals surface area contributed by atoms with Crippen molar-refractivity contribution in [3.63, 3.8) is 0 Å². The lowest BCUT2D eigenvalue weighted by Crippen LogP contribution is -2.09. The minimum absolute atomic E-state index is 0.312. The van der Waals surface area contributed by atoms with Gasteiger partial charge in [0.1, 0.15) is 6.07 Å². The van der Waals surface area contributed by atoms with E-state index in [9.17, 15) is 5.26 Å². The summed E-state index contributed by atoms with van der Waals surface area (Å²) in [5.41, 5.74) is 8.28. The molecule has 0 saturated heterocycles. The smallest absolute Gasteiger partial charge is 0.179 e. The quantitative estimate of drug-likeness (QED) is 0.321. The molecule has 0 radical (unpaired) electrons. The summed E-state index contributed by atoms with van der Waals surface area (Å²) in [6.45, 7) is 4.18. The van der Waals surface area contributed by atoms with Crippen LogP contribution in [-0.4, -0.2) is 10.1 Å². The van der Waals surface area contributed by atoms with Crippen LogP contribution >= 0.6 is 0 Å². The van der Waals surface area contributed by atoms with Crippen molar-refractivity contribution in [3.05, 3.63) is 102 Å². The zero-order valence-corrected chi connectivity index (χ0v) is 17.8. The summed E-state index contributed by atoms with van der Waals surface area (Å²) in [7, 11) is 0. The maximum Gasteiger partial charge on any atom is 0.179 e. The molecule has 3 aromatic carbocycles. The molecule has 0 atom stereocenters. The van der Waals surface area contributed by atoms with Crippen LogP contribution in [0.25, 0.3) is 22.1 Å². The number of aromatic nitrogens is 2. The Morgan fingerprint density at radius 1 is 0.750 bits per heavy atom. The molecule has 2 aromatic heterocycles. The Morgan fingerprint density at radius 2 is 1.28 bits per heavy atom. The molecule has 5 nitrogen and oxygen atoms in total. The van der Waals surface area contributed by atoms with Gasteiger partial charge in [0.25, 0.3) is 0 Å². The van der Waals surface area contributed by atoms with Gasteiger partial charge in [0.15, 0.2) is 11.3 Å². The maximum atomic E-state index is 9.28. The Hall–Kier alpha value is -4.43. The summed E-state index contributed by atoms with van der Waals surface area (Å²) in [6.07, 6.45) is 3.20. The van der Waals surface area contributed by atoms with E-state index in [4.69, 9.17) is 4.52 Å². The number of nitrogens with zero attached hydrogens (tertiary/aromatic N) is 4. The molecule has 5 heteroatoms. The lowest BCUT2D eigenvalue weighted by molar-refractivity contribution is 0.457. The summed E-state index contributed by atoms with van der Waals surface area (Å²) >= 11 is 0. The summed E-state index contributed by atoms with van der Waals surface area (Å²) in [6, 6.07) is 27.3. The van der Waals surface area contributed by atoms with E-state index in [-0.39, 0.29) is 0 Å². The minimum Gasteiger partial charge on any atom is -0.355 e. The van der Waals surface area contributed by atoms with Gasteiger partial charge in [-0.05, 0) is 55.8 Å². The third-order valence-corrected chi connectivity index (χ3v) is 5.52. The third-order valence-electron chi connectivity index (χ3n) is 5.52. The highest BCUT2D eigenvalue weighted by molar-refractivity contribution is 5.94. The number of benzene rings is 3. The van der Waals surface area contributed by atoms with Crippen molar-refractivity contribution in [1.82, 2.24) is 10.1 Å². The molecular weight excluding hydrogens is 396 g/mol. The molecule has 0 spiro atoms. The Kier molecular flexibility index (Phi) is 4.89. The highest BCUT2D eigenvalue weighted by atomic mass is 16.5. The van der Waals surface area contributed by atoms with E-state index in [0.717, 1.165) is 28.2 Å². The van der Waals surface area contributed by atoms with Crippen LogP contribution < -0.4 is 4.90 Å². The average Bonchev–Trinajstić information content (AvgIpc) is 3.32. The van der Waals surface area contributed by atoms with Crippen molar-refractivity contribution in [1.29, 1.82) is 5.26 Å². The number of rotatable bonds is 4. The molecule has 0 saturated carbocycles. The summed E-state index contributed by atoms with van der Waals surface area (Å²) < 4.78 is 5.43. The molecule has 0 bridgehead atoms. The van der Waals surface area contributed by atoms with Crippen LogP contribution in [0.5, 0.6) is 0 Å². The highest BCUT2D eigenvalue weighted by Crippen LogP contribution is 2.36. The van der Waals surface area contributed by atoms with Gasteiger partial charge in [-0.2, -0.15) is 5.26 Å².